The van der Waals surface area contributed by atoms with Gasteiger partial charge in [-0.3, -0.25) is 0 Å². The summed E-state index contributed by atoms with van der Waals surface area (Å²) in [6.45, 7) is 8.98. The molecule has 0 heterocycles. The summed E-state index contributed by atoms with van der Waals surface area (Å²) in [5, 5.41) is 10.9. The fourth-order valence-electron chi connectivity index (χ4n) is 3.22. The van der Waals surface area contributed by atoms with Crippen molar-refractivity contribution in [1.82, 2.24) is 0 Å². The van der Waals surface area contributed by atoms with E-state index in [9.17, 15) is 5.11 Å². The Morgan fingerprint density at radius 3 is 2.50 bits per heavy atom. The summed E-state index contributed by atoms with van der Waals surface area (Å²) < 4.78 is 0. The van der Waals surface area contributed by atoms with E-state index in [0.717, 1.165) is 31.2 Å². The summed E-state index contributed by atoms with van der Waals surface area (Å²) in [6.07, 6.45) is 3.97. The van der Waals surface area contributed by atoms with E-state index in [1.54, 1.807) is 0 Å². The maximum absolute atomic E-state index is 10.9. The molecule has 1 N–H and O–H groups in total. The highest BCUT2D eigenvalue weighted by Gasteiger charge is 2.42. The van der Waals surface area contributed by atoms with Gasteiger partial charge < -0.3 is 5.11 Å². The van der Waals surface area contributed by atoms with Gasteiger partial charge in [-0.1, -0.05) is 52.0 Å². The SMILES string of the molecule is CC(C)Cc1cccc(C2(O)CCC(C)(C)C2)c1. The molecule has 0 aliphatic heterocycles. The van der Waals surface area contributed by atoms with Crippen molar-refractivity contribution in [2.24, 2.45) is 11.3 Å². The first-order valence-electron chi connectivity index (χ1n) is 7.13. The Balaban J connectivity index is 2.23. The van der Waals surface area contributed by atoms with Gasteiger partial charge in [0.05, 0.1) is 5.60 Å². The molecule has 0 aromatic heterocycles. The van der Waals surface area contributed by atoms with Crippen LogP contribution in [0.15, 0.2) is 24.3 Å². The van der Waals surface area contributed by atoms with E-state index in [2.05, 4.69) is 52.0 Å². The molecule has 1 nitrogen and oxygen atoms in total. The highest BCUT2D eigenvalue weighted by molar-refractivity contribution is 5.30. The van der Waals surface area contributed by atoms with Gasteiger partial charge >= 0.3 is 0 Å². The Bertz CT molecular complexity index is 419. The number of benzene rings is 1. The fraction of sp³-hybridized carbons (Fsp3) is 0.647. The van der Waals surface area contributed by atoms with Crippen LogP contribution in [0, 0.1) is 11.3 Å². The highest BCUT2D eigenvalue weighted by atomic mass is 16.3. The van der Waals surface area contributed by atoms with Crippen LogP contribution in [0.2, 0.25) is 0 Å². The van der Waals surface area contributed by atoms with Crippen LogP contribution in [0.5, 0.6) is 0 Å². The van der Waals surface area contributed by atoms with E-state index >= 15 is 0 Å². The zero-order valence-electron chi connectivity index (χ0n) is 12.2. The van der Waals surface area contributed by atoms with Crippen molar-refractivity contribution in [1.29, 1.82) is 0 Å². The van der Waals surface area contributed by atoms with E-state index in [0.29, 0.717) is 5.92 Å². The summed E-state index contributed by atoms with van der Waals surface area (Å²) in [4.78, 5) is 0. The third kappa shape index (κ3) is 2.95. The molecule has 0 saturated heterocycles. The summed E-state index contributed by atoms with van der Waals surface area (Å²) >= 11 is 0. The fourth-order valence-corrected chi connectivity index (χ4v) is 3.22. The maximum Gasteiger partial charge on any atom is 0.0902 e. The number of hydrogen-bond acceptors (Lipinski definition) is 1. The maximum atomic E-state index is 10.9. The van der Waals surface area contributed by atoms with Crippen molar-refractivity contribution in [2.75, 3.05) is 0 Å². The minimum absolute atomic E-state index is 0.267. The lowest BCUT2D eigenvalue weighted by Gasteiger charge is -2.26. The molecular formula is C17H26O. The lowest BCUT2D eigenvalue weighted by atomic mass is 9.85. The molecule has 1 aliphatic rings. The molecule has 0 amide bonds. The molecule has 1 saturated carbocycles. The van der Waals surface area contributed by atoms with Crippen LogP contribution in [0.25, 0.3) is 0 Å². The second-order valence-corrected chi connectivity index (χ2v) is 7.17. The second-order valence-electron chi connectivity index (χ2n) is 7.17. The van der Waals surface area contributed by atoms with E-state index in [4.69, 9.17) is 0 Å². The molecule has 1 aromatic carbocycles. The summed E-state index contributed by atoms with van der Waals surface area (Å²) in [6, 6.07) is 8.57. The van der Waals surface area contributed by atoms with Gasteiger partial charge in [0.1, 0.15) is 0 Å². The zero-order chi connectivity index (χ0) is 13.4. The summed E-state index contributed by atoms with van der Waals surface area (Å²) in [7, 11) is 0. The molecule has 1 unspecified atom stereocenters. The first kappa shape index (κ1) is 13.6. The average molecular weight is 246 g/mol. The van der Waals surface area contributed by atoms with Gasteiger partial charge in [-0.15, -0.1) is 0 Å². The Labute approximate surface area is 111 Å². The minimum atomic E-state index is -0.601. The lowest BCUT2D eigenvalue weighted by Crippen LogP contribution is -2.23. The predicted octanol–water partition coefficient (Wildman–Crippen LogP) is 4.28. The van der Waals surface area contributed by atoms with Crippen LogP contribution < -0.4 is 0 Å². The van der Waals surface area contributed by atoms with Crippen LogP contribution in [-0.2, 0) is 12.0 Å². The van der Waals surface area contributed by atoms with Crippen molar-refractivity contribution in [2.45, 2.75) is 59.0 Å². The molecule has 18 heavy (non-hydrogen) atoms. The standard InChI is InChI=1S/C17H26O/c1-13(2)10-14-6-5-7-15(11-14)17(18)9-8-16(3,4)12-17/h5-7,11,13,18H,8-10,12H2,1-4H3. The van der Waals surface area contributed by atoms with Gasteiger partial charge in [0.15, 0.2) is 0 Å². The number of hydrogen-bond donors (Lipinski definition) is 1. The van der Waals surface area contributed by atoms with E-state index < -0.39 is 5.60 Å². The van der Waals surface area contributed by atoms with Gasteiger partial charge in [-0.25, -0.2) is 0 Å². The third-order valence-electron chi connectivity index (χ3n) is 4.09. The van der Waals surface area contributed by atoms with Gasteiger partial charge in [-0.05, 0) is 48.1 Å². The number of rotatable bonds is 3. The number of aliphatic hydroxyl groups is 1. The van der Waals surface area contributed by atoms with E-state index in [1.165, 1.54) is 5.56 Å². The van der Waals surface area contributed by atoms with Crippen molar-refractivity contribution in [3.05, 3.63) is 35.4 Å². The molecule has 1 atom stereocenters. The lowest BCUT2D eigenvalue weighted by molar-refractivity contribution is 0.0337. The molecular weight excluding hydrogens is 220 g/mol. The van der Waals surface area contributed by atoms with Gasteiger partial charge in [0.25, 0.3) is 0 Å². The third-order valence-corrected chi connectivity index (χ3v) is 4.09. The molecule has 0 spiro atoms. The highest BCUT2D eigenvalue weighted by Crippen LogP contribution is 2.48. The summed E-state index contributed by atoms with van der Waals surface area (Å²) in [5.74, 6) is 0.662. The van der Waals surface area contributed by atoms with Crippen molar-refractivity contribution in [3.63, 3.8) is 0 Å². The quantitative estimate of drug-likeness (QED) is 0.844. The van der Waals surface area contributed by atoms with Gasteiger partial charge in [0, 0.05) is 0 Å². The normalized spacial score (nSPS) is 26.8. The van der Waals surface area contributed by atoms with Crippen LogP contribution in [0.4, 0.5) is 0 Å². The zero-order valence-corrected chi connectivity index (χ0v) is 12.2. The van der Waals surface area contributed by atoms with Crippen LogP contribution in [0.3, 0.4) is 0 Å². The van der Waals surface area contributed by atoms with Crippen LogP contribution >= 0.6 is 0 Å². The van der Waals surface area contributed by atoms with Gasteiger partial charge in [0.2, 0.25) is 0 Å². The average Bonchev–Trinajstić information content (AvgIpc) is 2.54. The Kier molecular flexibility index (Phi) is 3.55. The molecule has 1 aromatic rings. The first-order valence-corrected chi connectivity index (χ1v) is 7.13. The van der Waals surface area contributed by atoms with Crippen molar-refractivity contribution < 1.29 is 5.11 Å². The molecule has 100 valence electrons. The van der Waals surface area contributed by atoms with Crippen molar-refractivity contribution in [3.8, 4) is 0 Å². The second kappa shape index (κ2) is 4.70. The molecule has 2 rings (SSSR count). The minimum Gasteiger partial charge on any atom is -0.385 e. The Morgan fingerprint density at radius 1 is 1.22 bits per heavy atom. The Morgan fingerprint density at radius 2 is 1.94 bits per heavy atom. The molecule has 0 radical (unpaired) electrons. The topological polar surface area (TPSA) is 20.2 Å². The molecule has 0 bridgehead atoms. The molecule has 1 aliphatic carbocycles. The first-order chi connectivity index (χ1) is 8.31. The Hall–Kier alpha value is -0.820. The van der Waals surface area contributed by atoms with Gasteiger partial charge in [-0.2, -0.15) is 0 Å². The van der Waals surface area contributed by atoms with E-state index in [-0.39, 0.29) is 5.41 Å². The summed E-state index contributed by atoms with van der Waals surface area (Å²) in [5.41, 5.74) is 2.13. The van der Waals surface area contributed by atoms with Crippen LogP contribution in [-0.4, -0.2) is 5.11 Å². The predicted molar refractivity (Wildman–Crippen MR) is 76.5 cm³/mol. The van der Waals surface area contributed by atoms with Crippen molar-refractivity contribution >= 4 is 0 Å². The smallest absolute Gasteiger partial charge is 0.0902 e. The monoisotopic (exact) mass is 246 g/mol. The largest absolute Gasteiger partial charge is 0.385 e. The molecule has 1 fully saturated rings. The molecule has 1 heteroatoms. The van der Waals surface area contributed by atoms with Crippen LogP contribution in [0.1, 0.15) is 58.1 Å². The van der Waals surface area contributed by atoms with E-state index in [1.807, 2.05) is 0 Å².